The van der Waals surface area contributed by atoms with E-state index in [0.717, 1.165) is 12.8 Å². The van der Waals surface area contributed by atoms with Gasteiger partial charge in [0, 0.05) is 38.3 Å². The van der Waals surface area contributed by atoms with Gasteiger partial charge in [-0.3, -0.25) is 9.80 Å². The van der Waals surface area contributed by atoms with Crippen LogP contribution in [0.2, 0.25) is 0 Å². The predicted octanol–water partition coefficient (Wildman–Crippen LogP) is 1.68. The van der Waals surface area contributed by atoms with E-state index in [-0.39, 0.29) is 6.04 Å². The number of nitrogens with two attached hydrogens (primary N) is 1. The highest BCUT2D eigenvalue weighted by molar-refractivity contribution is 4.90. The Morgan fingerprint density at radius 2 is 1.74 bits per heavy atom. The third kappa shape index (κ3) is 4.33. The van der Waals surface area contributed by atoms with Gasteiger partial charge in [0.1, 0.15) is 0 Å². The Hall–Kier alpha value is -0.330. The van der Waals surface area contributed by atoms with Gasteiger partial charge in [-0.25, -0.2) is 0 Å². The number of piperazine rings is 1. The maximum absolute atomic E-state index is 12.3. The molecule has 1 aliphatic carbocycles. The molecule has 0 amide bonds. The van der Waals surface area contributed by atoms with E-state index in [1.165, 1.54) is 11.3 Å². The van der Waals surface area contributed by atoms with Gasteiger partial charge in [-0.15, -0.1) is 0 Å². The van der Waals surface area contributed by atoms with Crippen LogP contribution in [-0.2, 0) is 0 Å². The van der Waals surface area contributed by atoms with Crippen molar-refractivity contribution in [3.8, 4) is 0 Å². The smallest absolute Gasteiger partial charge is 0.326 e. The molecule has 112 valence electrons. The number of hydrogen-bond donors (Lipinski definition) is 1. The van der Waals surface area contributed by atoms with Crippen molar-refractivity contribution in [3.63, 3.8) is 0 Å². The molecular formula is C13H24F3N3. The van der Waals surface area contributed by atoms with E-state index in [1.807, 2.05) is 0 Å². The standard InChI is InChI=1S/C13H24F3N3/c1-10-2-3-11(17)12(8-10)19-6-4-18(5-7-19)9-13(14,15)16/h10-12H,2-9,17H2,1H3. The molecule has 6 heteroatoms. The van der Waals surface area contributed by atoms with Crippen LogP contribution in [0.3, 0.4) is 0 Å². The summed E-state index contributed by atoms with van der Waals surface area (Å²) < 4.78 is 37.0. The zero-order chi connectivity index (χ0) is 14.0. The van der Waals surface area contributed by atoms with E-state index in [9.17, 15) is 13.2 Å². The summed E-state index contributed by atoms with van der Waals surface area (Å²) in [5, 5.41) is 0. The average molecular weight is 279 g/mol. The van der Waals surface area contributed by atoms with Gasteiger partial charge in [-0.05, 0) is 25.2 Å². The zero-order valence-corrected chi connectivity index (χ0v) is 11.5. The SMILES string of the molecule is CC1CCC(N)C(N2CCN(CC(F)(F)F)CC2)C1. The summed E-state index contributed by atoms with van der Waals surface area (Å²) >= 11 is 0. The Morgan fingerprint density at radius 3 is 2.32 bits per heavy atom. The van der Waals surface area contributed by atoms with E-state index in [4.69, 9.17) is 5.73 Å². The molecule has 3 nitrogen and oxygen atoms in total. The summed E-state index contributed by atoms with van der Waals surface area (Å²) in [5.74, 6) is 0.679. The molecule has 1 aliphatic heterocycles. The number of rotatable bonds is 2. The van der Waals surface area contributed by atoms with Crippen LogP contribution >= 0.6 is 0 Å². The fourth-order valence-corrected chi connectivity index (χ4v) is 3.30. The molecule has 3 unspecified atom stereocenters. The van der Waals surface area contributed by atoms with Crippen molar-refractivity contribution in [1.82, 2.24) is 9.80 Å². The van der Waals surface area contributed by atoms with Gasteiger partial charge in [-0.2, -0.15) is 13.2 Å². The summed E-state index contributed by atoms with van der Waals surface area (Å²) in [4.78, 5) is 3.79. The first kappa shape index (κ1) is 15.1. The lowest BCUT2D eigenvalue weighted by Gasteiger charge is -2.44. The Labute approximate surface area is 112 Å². The van der Waals surface area contributed by atoms with Gasteiger partial charge >= 0.3 is 6.18 Å². The van der Waals surface area contributed by atoms with Crippen LogP contribution in [0.1, 0.15) is 26.2 Å². The van der Waals surface area contributed by atoms with Crippen LogP contribution in [0, 0.1) is 5.92 Å². The van der Waals surface area contributed by atoms with Gasteiger partial charge < -0.3 is 5.73 Å². The Kier molecular flexibility index (Phi) is 4.74. The summed E-state index contributed by atoms with van der Waals surface area (Å²) in [7, 11) is 0. The van der Waals surface area contributed by atoms with Gasteiger partial charge in [-0.1, -0.05) is 6.92 Å². The van der Waals surface area contributed by atoms with E-state index in [2.05, 4.69) is 11.8 Å². The molecule has 3 atom stereocenters. The maximum atomic E-state index is 12.3. The third-order valence-electron chi connectivity index (χ3n) is 4.41. The first-order chi connectivity index (χ1) is 8.85. The summed E-state index contributed by atoms with van der Waals surface area (Å²) in [6, 6.07) is 0.544. The largest absolute Gasteiger partial charge is 0.401 e. The van der Waals surface area contributed by atoms with Crippen LogP contribution in [0.4, 0.5) is 13.2 Å². The molecule has 0 aromatic carbocycles. The number of hydrogen-bond acceptors (Lipinski definition) is 3. The molecule has 0 radical (unpaired) electrons. The van der Waals surface area contributed by atoms with Crippen molar-refractivity contribution in [2.24, 2.45) is 11.7 Å². The van der Waals surface area contributed by atoms with Crippen LogP contribution in [0.25, 0.3) is 0 Å². The second-order valence-electron chi connectivity index (χ2n) is 6.08. The summed E-state index contributed by atoms with van der Waals surface area (Å²) in [5.41, 5.74) is 6.17. The minimum atomic E-state index is -4.09. The number of alkyl halides is 3. The lowest BCUT2D eigenvalue weighted by atomic mass is 9.83. The predicted molar refractivity (Wildman–Crippen MR) is 68.8 cm³/mol. The molecule has 0 aromatic rings. The Morgan fingerprint density at radius 1 is 1.11 bits per heavy atom. The molecule has 1 saturated carbocycles. The number of halogens is 3. The van der Waals surface area contributed by atoms with Gasteiger partial charge in [0.2, 0.25) is 0 Å². The van der Waals surface area contributed by atoms with Crippen LogP contribution in [0.5, 0.6) is 0 Å². The van der Waals surface area contributed by atoms with Gasteiger partial charge in [0.15, 0.2) is 0 Å². The molecule has 0 bridgehead atoms. The molecule has 0 spiro atoms. The molecule has 19 heavy (non-hydrogen) atoms. The molecule has 0 aromatic heterocycles. The van der Waals surface area contributed by atoms with Crippen molar-refractivity contribution in [2.45, 2.75) is 44.4 Å². The monoisotopic (exact) mass is 279 g/mol. The fraction of sp³-hybridized carbons (Fsp3) is 1.00. The van der Waals surface area contributed by atoms with Crippen molar-refractivity contribution in [3.05, 3.63) is 0 Å². The van der Waals surface area contributed by atoms with E-state index in [0.29, 0.717) is 38.1 Å². The maximum Gasteiger partial charge on any atom is 0.401 e. The first-order valence-corrected chi connectivity index (χ1v) is 7.14. The summed E-state index contributed by atoms with van der Waals surface area (Å²) in [6.07, 6.45) is -0.793. The molecule has 2 rings (SSSR count). The Balaban J connectivity index is 1.82. The van der Waals surface area contributed by atoms with Crippen LogP contribution in [-0.4, -0.2) is 60.8 Å². The number of nitrogens with zero attached hydrogens (tertiary/aromatic N) is 2. The minimum Gasteiger partial charge on any atom is -0.326 e. The second-order valence-corrected chi connectivity index (χ2v) is 6.08. The molecule has 2 aliphatic rings. The molecule has 1 saturated heterocycles. The van der Waals surface area contributed by atoms with Gasteiger partial charge in [0.05, 0.1) is 6.54 Å². The highest BCUT2D eigenvalue weighted by Crippen LogP contribution is 2.27. The molecule has 2 fully saturated rings. The quantitative estimate of drug-likeness (QED) is 0.835. The average Bonchev–Trinajstić information content (AvgIpc) is 2.31. The van der Waals surface area contributed by atoms with Crippen LogP contribution < -0.4 is 5.73 Å². The van der Waals surface area contributed by atoms with Crippen molar-refractivity contribution in [2.75, 3.05) is 32.7 Å². The second kappa shape index (κ2) is 5.97. The van der Waals surface area contributed by atoms with Crippen molar-refractivity contribution in [1.29, 1.82) is 0 Å². The lowest BCUT2D eigenvalue weighted by Crippen LogP contribution is -2.58. The third-order valence-corrected chi connectivity index (χ3v) is 4.41. The molecular weight excluding hydrogens is 255 g/mol. The topological polar surface area (TPSA) is 32.5 Å². The highest BCUT2D eigenvalue weighted by Gasteiger charge is 2.35. The Bertz CT molecular complexity index is 287. The van der Waals surface area contributed by atoms with E-state index >= 15 is 0 Å². The first-order valence-electron chi connectivity index (χ1n) is 7.14. The zero-order valence-electron chi connectivity index (χ0n) is 11.5. The minimum absolute atomic E-state index is 0.186. The molecule has 1 heterocycles. The van der Waals surface area contributed by atoms with E-state index < -0.39 is 12.7 Å². The van der Waals surface area contributed by atoms with E-state index in [1.54, 1.807) is 0 Å². The van der Waals surface area contributed by atoms with Crippen LogP contribution in [0.15, 0.2) is 0 Å². The molecule has 2 N–H and O–H groups in total. The lowest BCUT2D eigenvalue weighted by molar-refractivity contribution is -0.150. The van der Waals surface area contributed by atoms with Crippen molar-refractivity contribution < 1.29 is 13.2 Å². The normalized spacial score (nSPS) is 35.5. The van der Waals surface area contributed by atoms with Crippen molar-refractivity contribution >= 4 is 0 Å². The summed E-state index contributed by atoms with van der Waals surface area (Å²) in [6.45, 7) is 3.86. The fourth-order valence-electron chi connectivity index (χ4n) is 3.30. The highest BCUT2D eigenvalue weighted by atomic mass is 19.4. The van der Waals surface area contributed by atoms with Gasteiger partial charge in [0.25, 0.3) is 0 Å².